The molecule has 0 aliphatic carbocycles. The van der Waals surface area contributed by atoms with Gasteiger partial charge in [0.25, 0.3) is 0 Å². The second kappa shape index (κ2) is 10.8. The van der Waals surface area contributed by atoms with Gasteiger partial charge in [-0.05, 0) is 23.6 Å². The van der Waals surface area contributed by atoms with E-state index in [1.54, 1.807) is 12.1 Å². The summed E-state index contributed by atoms with van der Waals surface area (Å²) in [6.07, 6.45) is 0.814. The Kier molecular flexibility index (Phi) is 9.10. The van der Waals surface area contributed by atoms with Crippen LogP contribution in [0.2, 0.25) is 0 Å². The van der Waals surface area contributed by atoms with E-state index < -0.39 is 35.9 Å². The number of amides is 2. The monoisotopic (exact) mass is 397 g/mol. The highest BCUT2D eigenvalue weighted by molar-refractivity contribution is 7.80. The minimum Gasteiger partial charge on any atom is -0.508 e. The molecule has 2 amide bonds. The third-order valence-corrected chi connectivity index (χ3v) is 4.73. The number of hydrogen-bond donors (Lipinski definition) is 6. The van der Waals surface area contributed by atoms with Crippen LogP contribution in [0.5, 0.6) is 5.75 Å². The lowest BCUT2D eigenvalue weighted by Gasteiger charge is -2.24. The quantitative estimate of drug-likeness (QED) is 0.314. The number of nitrogens with one attached hydrogen (secondary N) is 2. The van der Waals surface area contributed by atoms with Crippen molar-refractivity contribution >= 4 is 30.4 Å². The number of hydrogen-bond acceptors (Lipinski definition) is 6. The van der Waals surface area contributed by atoms with Crippen molar-refractivity contribution in [3.05, 3.63) is 29.8 Å². The zero-order valence-corrected chi connectivity index (χ0v) is 16.3. The molecule has 8 nitrogen and oxygen atoms in total. The SMILES string of the molecule is CCC(C)C(N)C(=O)NC(Cc1ccc(O)cc1)C(=O)NC(CS)C(=O)O. The van der Waals surface area contributed by atoms with E-state index in [-0.39, 0.29) is 23.8 Å². The molecule has 0 radical (unpaired) electrons. The van der Waals surface area contributed by atoms with Crippen LogP contribution in [0.1, 0.15) is 25.8 Å². The molecule has 1 aromatic rings. The first-order valence-corrected chi connectivity index (χ1v) is 9.30. The molecule has 150 valence electrons. The Morgan fingerprint density at radius 1 is 1.11 bits per heavy atom. The van der Waals surface area contributed by atoms with Crippen molar-refractivity contribution < 1.29 is 24.6 Å². The zero-order chi connectivity index (χ0) is 20.6. The minimum absolute atomic E-state index is 0.0728. The number of thiol groups is 1. The van der Waals surface area contributed by atoms with Crippen LogP contribution in [-0.2, 0) is 20.8 Å². The second-order valence-electron chi connectivity index (χ2n) is 6.43. The summed E-state index contributed by atoms with van der Waals surface area (Å²) in [5, 5.41) is 23.5. The average Bonchev–Trinajstić information content (AvgIpc) is 2.65. The summed E-state index contributed by atoms with van der Waals surface area (Å²) in [6.45, 7) is 3.74. The summed E-state index contributed by atoms with van der Waals surface area (Å²) in [5.41, 5.74) is 6.61. The van der Waals surface area contributed by atoms with E-state index in [1.807, 2.05) is 13.8 Å². The van der Waals surface area contributed by atoms with Gasteiger partial charge < -0.3 is 26.6 Å². The average molecular weight is 397 g/mol. The normalized spacial score (nSPS) is 15.3. The molecular weight excluding hydrogens is 370 g/mol. The molecule has 4 atom stereocenters. The molecule has 0 saturated heterocycles. The fourth-order valence-electron chi connectivity index (χ4n) is 2.32. The summed E-state index contributed by atoms with van der Waals surface area (Å²) >= 11 is 3.92. The van der Waals surface area contributed by atoms with Crippen molar-refractivity contribution in [1.29, 1.82) is 0 Å². The zero-order valence-electron chi connectivity index (χ0n) is 15.4. The molecule has 9 heteroatoms. The lowest BCUT2D eigenvalue weighted by molar-refractivity contribution is -0.141. The number of rotatable bonds is 10. The Hall–Kier alpha value is -2.26. The van der Waals surface area contributed by atoms with Gasteiger partial charge in [-0.25, -0.2) is 4.79 Å². The first-order valence-electron chi connectivity index (χ1n) is 8.67. The Morgan fingerprint density at radius 3 is 2.15 bits per heavy atom. The van der Waals surface area contributed by atoms with Gasteiger partial charge in [0, 0.05) is 12.2 Å². The number of aliphatic carboxylic acids is 1. The second-order valence-corrected chi connectivity index (χ2v) is 6.79. The fourth-order valence-corrected chi connectivity index (χ4v) is 2.56. The van der Waals surface area contributed by atoms with Crippen LogP contribution in [0.25, 0.3) is 0 Å². The Bertz CT molecular complexity index is 653. The summed E-state index contributed by atoms with van der Waals surface area (Å²) in [4.78, 5) is 36.1. The maximum absolute atomic E-state index is 12.6. The molecule has 27 heavy (non-hydrogen) atoms. The molecule has 0 aliphatic rings. The molecule has 0 heterocycles. The van der Waals surface area contributed by atoms with Crippen LogP contribution >= 0.6 is 12.6 Å². The molecule has 0 saturated carbocycles. The van der Waals surface area contributed by atoms with Crippen LogP contribution in [-0.4, -0.2) is 51.9 Å². The van der Waals surface area contributed by atoms with E-state index >= 15 is 0 Å². The summed E-state index contributed by atoms with van der Waals surface area (Å²) in [5.74, 6) is -2.44. The van der Waals surface area contributed by atoms with Crippen molar-refractivity contribution in [1.82, 2.24) is 10.6 Å². The summed E-state index contributed by atoms with van der Waals surface area (Å²) < 4.78 is 0. The van der Waals surface area contributed by atoms with Gasteiger partial charge >= 0.3 is 5.97 Å². The van der Waals surface area contributed by atoms with Gasteiger partial charge in [0.05, 0.1) is 6.04 Å². The molecular formula is C18H27N3O5S. The smallest absolute Gasteiger partial charge is 0.327 e. The number of carboxylic acids is 1. The number of nitrogens with two attached hydrogens (primary N) is 1. The molecule has 0 aromatic heterocycles. The van der Waals surface area contributed by atoms with Gasteiger partial charge in [0.1, 0.15) is 17.8 Å². The Labute approximate surface area is 163 Å². The number of aromatic hydroxyl groups is 1. The van der Waals surface area contributed by atoms with Crippen molar-refractivity contribution in [3.63, 3.8) is 0 Å². The van der Waals surface area contributed by atoms with E-state index in [0.717, 1.165) is 0 Å². The third-order valence-electron chi connectivity index (χ3n) is 4.37. The minimum atomic E-state index is -1.22. The summed E-state index contributed by atoms with van der Waals surface area (Å²) in [7, 11) is 0. The first kappa shape index (κ1) is 22.8. The van der Waals surface area contributed by atoms with Crippen LogP contribution in [0.3, 0.4) is 0 Å². The van der Waals surface area contributed by atoms with Gasteiger partial charge in [0.2, 0.25) is 11.8 Å². The van der Waals surface area contributed by atoms with Crippen LogP contribution < -0.4 is 16.4 Å². The summed E-state index contributed by atoms with van der Waals surface area (Å²) in [6, 6.07) is 3.18. The third kappa shape index (κ3) is 7.10. The highest BCUT2D eigenvalue weighted by Gasteiger charge is 2.28. The highest BCUT2D eigenvalue weighted by Crippen LogP contribution is 2.12. The number of benzene rings is 1. The molecule has 1 rings (SSSR count). The van der Waals surface area contributed by atoms with Gasteiger partial charge in [-0.1, -0.05) is 32.4 Å². The van der Waals surface area contributed by atoms with Crippen LogP contribution in [0, 0.1) is 5.92 Å². The lowest BCUT2D eigenvalue weighted by Crippen LogP contribution is -2.56. The largest absolute Gasteiger partial charge is 0.508 e. The van der Waals surface area contributed by atoms with E-state index in [0.29, 0.717) is 12.0 Å². The maximum atomic E-state index is 12.6. The molecule has 1 aromatic carbocycles. The fraction of sp³-hybridized carbons (Fsp3) is 0.500. The number of carbonyl (C=O) groups is 3. The standard InChI is InChI=1S/C18H27N3O5S/c1-3-10(2)15(19)17(24)20-13(8-11-4-6-12(22)7-5-11)16(23)21-14(9-27)18(25)26/h4-7,10,13-15,22,27H,3,8-9,19H2,1-2H3,(H,20,24)(H,21,23)(H,25,26). The molecule has 0 aliphatic heterocycles. The Balaban J connectivity index is 2.96. The highest BCUT2D eigenvalue weighted by atomic mass is 32.1. The van der Waals surface area contributed by atoms with E-state index in [4.69, 9.17) is 10.8 Å². The topological polar surface area (TPSA) is 142 Å². The van der Waals surface area contributed by atoms with Gasteiger partial charge in [-0.3, -0.25) is 9.59 Å². The maximum Gasteiger partial charge on any atom is 0.327 e. The van der Waals surface area contributed by atoms with Gasteiger partial charge in [0.15, 0.2) is 0 Å². The predicted octanol–water partition coefficient (Wildman–Crippen LogP) is 0.292. The number of carboxylic acid groups (broad SMARTS) is 1. The Morgan fingerprint density at radius 2 is 1.67 bits per heavy atom. The number of phenolic OH excluding ortho intramolecular Hbond substituents is 1. The van der Waals surface area contributed by atoms with Crippen molar-refractivity contribution in [2.75, 3.05) is 5.75 Å². The lowest BCUT2D eigenvalue weighted by atomic mass is 9.98. The molecule has 0 spiro atoms. The predicted molar refractivity (Wildman–Crippen MR) is 105 cm³/mol. The first-order chi connectivity index (χ1) is 12.7. The van der Waals surface area contributed by atoms with Crippen molar-refractivity contribution in [3.8, 4) is 5.75 Å². The van der Waals surface area contributed by atoms with E-state index in [1.165, 1.54) is 12.1 Å². The van der Waals surface area contributed by atoms with Gasteiger partial charge in [-0.15, -0.1) is 0 Å². The molecule has 0 fully saturated rings. The molecule has 4 unspecified atom stereocenters. The molecule has 6 N–H and O–H groups in total. The van der Waals surface area contributed by atoms with Crippen LogP contribution in [0.15, 0.2) is 24.3 Å². The van der Waals surface area contributed by atoms with E-state index in [2.05, 4.69) is 23.3 Å². The van der Waals surface area contributed by atoms with Gasteiger partial charge in [-0.2, -0.15) is 12.6 Å². The van der Waals surface area contributed by atoms with Crippen molar-refractivity contribution in [2.24, 2.45) is 11.7 Å². The van der Waals surface area contributed by atoms with Crippen molar-refractivity contribution in [2.45, 2.75) is 44.8 Å². The van der Waals surface area contributed by atoms with Crippen LogP contribution in [0.4, 0.5) is 0 Å². The number of phenols is 1. The molecule has 0 bridgehead atoms. The van der Waals surface area contributed by atoms with E-state index in [9.17, 15) is 19.5 Å². The number of carbonyl (C=O) groups excluding carboxylic acids is 2.